The van der Waals surface area contributed by atoms with Gasteiger partial charge in [0, 0.05) is 0 Å². The van der Waals surface area contributed by atoms with Crippen molar-refractivity contribution < 1.29 is 79.0 Å². The Morgan fingerprint density at radius 3 is 0.357 bits per heavy atom. The molecule has 0 aromatic heterocycles. The molecule has 0 nitrogen and oxygen atoms in total. The lowest BCUT2D eigenvalue weighted by atomic mass is 9.37. The second kappa shape index (κ2) is 16.1. The van der Waals surface area contributed by atoms with Gasteiger partial charge in [-0.05, 0) is 72.8 Å². The van der Waals surface area contributed by atoms with Gasteiger partial charge >= 0.3 is 0 Å². The van der Waals surface area contributed by atoms with E-state index in [1.807, 2.05) is 0 Å². The molecule has 288 valence electrons. The Hall–Kier alpha value is -5.81. The lowest BCUT2D eigenvalue weighted by Gasteiger charge is -2.17. The van der Waals surface area contributed by atoms with Crippen LogP contribution in [0.1, 0.15) is 0 Å². The van der Waals surface area contributed by atoms with E-state index in [0.29, 0.717) is 72.8 Å². The maximum Gasteiger partial charge on any atom is 0.242 e. The normalized spacial score (nSPS) is 11.0. The molecule has 0 N–H and O–H groups in total. The number of hydrogen-bond acceptors (Lipinski definition) is 0. The van der Waals surface area contributed by atoms with Gasteiger partial charge in [-0.3, -0.25) is 0 Å². The number of hydrogen-bond donors (Lipinski definition) is 0. The van der Waals surface area contributed by atoms with Gasteiger partial charge in [0.2, 0.25) is 13.4 Å². The highest BCUT2D eigenvalue weighted by Crippen LogP contribution is 2.16. The van der Waals surface area contributed by atoms with Crippen LogP contribution < -0.4 is 32.8 Å². The van der Waals surface area contributed by atoms with Crippen LogP contribution in [-0.4, -0.2) is 13.4 Å². The Morgan fingerprint density at radius 2 is 0.268 bits per heavy atom. The highest BCUT2D eigenvalue weighted by Gasteiger charge is 2.31. The van der Waals surface area contributed by atoms with Gasteiger partial charge < -0.3 is 0 Å². The molecule has 0 aliphatic heterocycles. The first-order valence-electron chi connectivity index (χ1n) is 15.1. The van der Waals surface area contributed by atoms with Crippen LogP contribution in [0.3, 0.4) is 0 Å². The molecule has 20 heteroatoms. The van der Waals surface area contributed by atoms with E-state index in [2.05, 4.69) is 0 Å². The van der Waals surface area contributed by atoms with Crippen molar-refractivity contribution in [1.29, 1.82) is 0 Å². The van der Waals surface area contributed by atoms with Crippen molar-refractivity contribution in [3.05, 3.63) is 178 Å². The van der Waals surface area contributed by atoms with Crippen LogP contribution >= 0.6 is 0 Å². The van der Waals surface area contributed by atoms with Crippen LogP contribution in [0, 0.1) is 105 Å². The predicted octanol–water partition coefficient (Wildman–Crippen LogP) is 6.91. The van der Waals surface area contributed by atoms with Crippen molar-refractivity contribution in [1.82, 2.24) is 0 Å². The summed E-state index contributed by atoms with van der Waals surface area (Å²) in [6.07, 6.45) is 0. The third kappa shape index (κ3) is 8.23. The third-order valence-electron chi connectivity index (χ3n) is 8.04. The number of rotatable bonds is 6. The van der Waals surface area contributed by atoms with E-state index >= 15 is 0 Å². The summed E-state index contributed by atoms with van der Waals surface area (Å²) < 4.78 is 243. The van der Waals surface area contributed by atoms with E-state index < -0.39 is 151 Å². The van der Waals surface area contributed by atoms with E-state index in [1.54, 1.807) is 0 Å². The van der Waals surface area contributed by atoms with Crippen LogP contribution in [-0.2, 0) is 0 Å². The molecule has 0 atom stereocenters. The maximum absolute atomic E-state index is 13.6. The average Bonchev–Trinajstić information content (AvgIpc) is 3.12. The molecule has 0 radical (unpaired) electrons. The minimum atomic E-state index is -1.85. The molecule has 0 aliphatic carbocycles. The highest BCUT2D eigenvalue weighted by atomic mass is 19.2. The molecule has 0 spiro atoms. The lowest BCUT2D eigenvalue weighted by molar-refractivity contribution is 0.447. The van der Waals surface area contributed by atoms with Crippen molar-refractivity contribution in [2.75, 3.05) is 0 Å². The molecule has 0 amide bonds. The third-order valence-corrected chi connectivity index (χ3v) is 8.04. The quantitative estimate of drug-likeness (QED) is 0.0977. The van der Waals surface area contributed by atoms with Crippen LogP contribution in [0.15, 0.2) is 72.8 Å². The minimum Gasteiger partial charge on any atom is -0.204 e. The summed E-state index contributed by atoms with van der Waals surface area (Å²) in [5.41, 5.74) is -3.04. The van der Waals surface area contributed by atoms with Gasteiger partial charge in [-0.15, -0.1) is 0 Å². The molecule has 0 heterocycles. The van der Waals surface area contributed by atoms with Gasteiger partial charge in [0.15, 0.2) is 105 Å². The zero-order valence-electron chi connectivity index (χ0n) is 26.9. The maximum atomic E-state index is 13.6. The summed E-state index contributed by atoms with van der Waals surface area (Å²) in [6, 6.07) is 5.18. The molecule has 0 fully saturated rings. The first-order valence-corrected chi connectivity index (χ1v) is 15.1. The molecular formula is C36H12B2F18. The van der Waals surface area contributed by atoms with Gasteiger partial charge in [-0.2, -0.15) is 0 Å². The van der Waals surface area contributed by atoms with Gasteiger partial charge in [-0.25, -0.2) is 79.0 Å². The van der Waals surface area contributed by atoms with E-state index in [9.17, 15) is 79.0 Å². The van der Waals surface area contributed by atoms with E-state index in [4.69, 9.17) is 0 Å². The van der Waals surface area contributed by atoms with Crippen LogP contribution in [0.4, 0.5) is 79.0 Å². The summed E-state index contributed by atoms with van der Waals surface area (Å²) >= 11 is 0. The second-order valence-electron chi connectivity index (χ2n) is 11.7. The topological polar surface area (TPSA) is 0 Å². The van der Waals surface area contributed by atoms with Crippen molar-refractivity contribution in [3.8, 4) is 0 Å². The van der Waals surface area contributed by atoms with Crippen LogP contribution in [0.2, 0.25) is 0 Å². The lowest BCUT2D eigenvalue weighted by Crippen LogP contribution is -2.53. The molecule has 6 aromatic rings. The van der Waals surface area contributed by atoms with Crippen LogP contribution in [0.25, 0.3) is 0 Å². The van der Waals surface area contributed by atoms with Crippen LogP contribution in [0.5, 0.6) is 0 Å². The fourth-order valence-electron chi connectivity index (χ4n) is 5.61. The van der Waals surface area contributed by atoms with Crippen molar-refractivity contribution >= 4 is 46.2 Å². The van der Waals surface area contributed by atoms with Gasteiger partial charge in [-0.1, -0.05) is 32.8 Å². The minimum absolute atomic E-state index is 0.432. The molecule has 0 unspecified atom stereocenters. The molecular weight excluding hydrogens is 796 g/mol. The van der Waals surface area contributed by atoms with Gasteiger partial charge in [0.25, 0.3) is 0 Å². The van der Waals surface area contributed by atoms with Crippen molar-refractivity contribution in [2.24, 2.45) is 0 Å². The molecule has 56 heavy (non-hydrogen) atoms. The fourth-order valence-corrected chi connectivity index (χ4v) is 5.61. The Labute approximate surface area is 302 Å². The van der Waals surface area contributed by atoms with Gasteiger partial charge in [0.1, 0.15) is 0 Å². The first-order chi connectivity index (χ1) is 26.2. The highest BCUT2D eigenvalue weighted by molar-refractivity contribution is 6.96. The molecule has 0 bridgehead atoms. The SMILES string of the molecule is Fc1cc(B(c2cc(F)c(F)c(F)c2)c2cc(F)c(F)c(F)c2)cc(F)c1F.Fc1cc(B(c2cc(F)c(F)c(F)c2)c2cc(F)c(F)c(F)c2)cc(F)c1F. The molecule has 0 aliphatic rings. The van der Waals surface area contributed by atoms with E-state index in [-0.39, 0.29) is 0 Å². The predicted molar refractivity (Wildman–Crippen MR) is 167 cm³/mol. The smallest absolute Gasteiger partial charge is 0.204 e. The number of benzene rings is 6. The Morgan fingerprint density at radius 1 is 0.179 bits per heavy atom. The second-order valence-corrected chi connectivity index (χ2v) is 11.7. The molecule has 6 aromatic carbocycles. The summed E-state index contributed by atoms with van der Waals surface area (Å²) in [4.78, 5) is 0. The zero-order chi connectivity index (χ0) is 41.5. The largest absolute Gasteiger partial charge is 0.242 e. The molecule has 6 rings (SSSR count). The van der Waals surface area contributed by atoms with E-state index in [1.165, 1.54) is 0 Å². The van der Waals surface area contributed by atoms with Gasteiger partial charge in [0.05, 0.1) is 0 Å². The summed E-state index contributed by atoms with van der Waals surface area (Å²) in [7, 11) is 0. The van der Waals surface area contributed by atoms with E-state index in [0.717, 1.165) is 0 Å². The molecule has 0 saturated carbocycles. The Bertz CT molecular complexity index is 1920. The van der Waals surface area contributed by atoms with Crippen molar-refractivity contribution in [2.45, 2.75) is 0 Å². The summed E-state index contributed by atoms with van der Waals surface area (Å²) in [6.45, 7) is -3.36. The fraction of sp³-hybridized carbons (Fsp3) is 0. The first kappa shape index (κ1) is 41.4. The average molecular weight is 808 g/mol. The Kier molecular flexibility index (Phi) is 11.9. The van der Waals surface area contributed by atoms with Crippen molar-refractivity contribution in [3.63, 3.8) is 0 Å². The zero-order valence-corrected chi connectivity index (χ0v) is 26.9. The number of halogens is 18. The summed E-state index contributed by atoms with van der Waals surface area (Å²) in [5.74, 6) is -31.4. The standard InChI is InChI=1S/2C18H6BF9/c2*20-10-1-7(2-11(21)16(10)26)19(8-3-12(22)17(27)13(23)4-8)9-5-14(24)18(28)15(25)6-9/h2*1-6H. The molecule has 0 saturated heterocycles. The monoisotopic (exact) mass is 808 g/mol. The Balaban J connectivity index is 0.000000214. The summed E-state index contributed by atoms with van der Waals surface area (Å²) in [5, 5.41) is 0.